The first-order chi connectivity index (χ1) is 7.26. The molecule has 0 bridgehead atoms. The molecule has 1 rings (SSSR count). The minimum absolute atomic E-state index is 0.00347. The molecule has 15 heavy (non-hydrogen) atoms. The van der Waals surface area contributed by atoms with Crippen molar-refractivity contribution >= 4 is 6.08 Å². The molecule has 78 valence electrons. The Hall–Kier alpha value is -1.66. The van der Waals surface area contributed by atoms with E-state index < -0.39 is 0 Å². The Kier molecular flexibility index (Phi) is 4.52. The maximum Gasteiger partial charge on any atom is 0.126 e. The van der Waals surface area contributed by atoms with E-state index in [-0.39, 0.29) is 12.4 Å². The van der Waals surface area contributed by atoms with Gasteiger partial charge in [-0.05, 0) is 30.7 Å². The van der Waals surface area contributed by atoms with Gasteiger partial charge in [-0.15, -0.1) is 0 Å². The van der Waals surface area contributed by atoms with Crippen LogP contribution < -0.4 is 0 Å². The fraction of sp³-hybridized carbons (Fsp3) is 0.250. The van der Waals surface area contributed by atoms with Crippen molar-refractivity contribution in [3.05, 3.63) is 41.2 Å². The van der Waals surface area contributed by atoms with E-state index >= 15 is 0 Å². The first-order valence-electron chi connectivity index (χ1n) is 4.70. The predicted molar refractivity (Wildman–Crippen MR) is 56.7 cm³/mol. The zero-order chi connectivity index (χ0) is 11.1. The van der Waals surface area contributed by atoms with Crippen LogP contribution in [0.5, 0.6) is 0 Å². The van der Waals surface area contributed by atoms with E-state index in [1.807, 2.05) is 13.0 Å². The molecule has 3 heteroatoms. The zero-order valence-electron chi connectivity index (χ0n) is 8.53. The smallest absolute Gasteiger partial charge is 0.126 e. The Morgan fingerprint density at radius 2 is 2.13 bits per heavy atom. The van der Waals surface area contributed by atoms with Gasteiger partial charge in [0.25, 0.3) is 0 Å². The molecule has 1 aromatic rings. The van der Waals surface area contributed by atoms with Gasteiger partial charge in [-0.3, -0.25) is 0 Å². The van der Waals surface area contributed by atoms with E-state index in [0.717, 1.165) is 5.56 Å². The molecule has 0 amide bonds. The Bertz CT molecular complexity index is 376. The number of ether oxygens (including phenoxy) is 1. The summed E-state index contributed by atoms with van der Waals surface area (Å²) in [6.07, 6.45) is 1.40. The summed E-state index contributed by atoms with van der Waals surface area (Å²) in [5.41, 5.74) is 1.29. The van der Waals surface area contributed by atoms with Gasteiger partial charge in [0.2, 0.25) is 0 Å². The summed E-state index contributed by atoms with van der Waals surface area (Å²) in [5.74, 6) is -0.318. The van der Waals surface area contributed by atoms with E-state index in [1.165, 1.54) is 6.08 Å². The second-order valence-electron chi connectivity index (χ2n) is 2.96. The van der Waals surface area contributed by atoms with Crippen molar-refractivity contribution in [1.29, 1.82) is 5.26 Å². The minimum Gasteiger partial charge on any atom is -0.375 e. The van der Waals surface area contributed by atoms with Crippen LogP contribution in [0.3, 0.4) is 0 Å². The third-order valence-electron chi connectivity index (χ3n) is 1.81. The second-order valence-corrected chi connectivity index (χ2v) is 2.96. The monoisotopic (exact) mass is 205 g/mol. The molecule has 0 aliphatic rings. The lowest BCUT2D eigenvalue weighted by Crippen LogP contribution is -1.93. The Balaban J connectivity index is 2.67. The van der Waals surface area contributed by atoms with Gasteiger partial charge in [-0.25, -0.2) is 4.39 Å². The first-order valence-corrected chi connectivity index (χ1v) is 4.70. The summed E-state index contributed by atoms with van der Waals surface area (Å²) in [4.78, 5) is 0. The number of nitrogens with zero attached hydrogens (tertiary/aromatic N) is 1. The Labute approximate surface area is 88.6 Å². The van der Waals surface area contributed by atoms with Crippen LogP contribution in [-0.4, -0.2) is 13.2 Å². The molecule has 2 nitrogen and oxygen atoms in total. The van der Waals surface area contributed by atoms with E-state index in [0.29, 0.717) is 12.2 Å². The third-order valence-corrected chi connectivity index (χ3v) is 1.81. The van der Waals surface area contributed by atoms with Gasteiger partial charge in [-0.1, -0.05) is 12.1 Å². The normalized spacial score (nSPS) is 11.1. The van der Waals surface area contributed by atoms with Crippen molar-refractivity contribution in [2.75, 3.05) is 13.2 Å². The number of nitriles is 1. The molecule has 0 fully saturated rings. The third kappa shape index (κ3) is 3.92. The van der Waals surface area contributed by atoms with Crippen LogP contribution in [0.1, 0.15) is 18.1 Å². The molecule has 0 N–H and O–H groups in total. The van der Waals surface area contributed by atoms with Crippen LogP contribution in [0, 0.1) is 11.3 Å². The Morgan fingerprint density at radius 3 is 2.67 bits per heavy atom. The standard InChI is InChI=1S/C12H12FNO/c1-2-15-9-12(13)7-10-3-5-11(8-14)6-4-10/h3-7H,2,9H2,1H3/b12-7+. The largest absolute Gasteiger partial charge is 0.375 e. The van der Waals surface area contributed by atoms with E-state index in [9.17, 15) is 4.39 Å². The van der Waals surface area contributed by atoms with Crippen LogP contribution in [0.15, 0.2) is 30.1 Å². The highest BCUT2D eigenvalue weighted by Gasteiger charge is 1.96. The molecule has 0 aromatic heterocycles. The SMILES string of the molecule is CCOC/C(F)=C\c1ccc(C#N)cc1. The quantitative estimate of drug-likeness (QED) is 0.757. The van der Waals surface area contributed by atoms with Crippen molar-refractivity contribution in [2.24, 2.45) is 0 Å². The molecular formula is C12H12FNO. The van der Waals surface area contributed by atoms with Crippen LogP contribution in [0.2, 0.25) is 0 Å². The fourth-order valence-corrected chi connectivity index (χ4v) is 1.08. The highest BCUT2D eigenvalue weighted by atomic mass is 19.1. The van der Waals surface area contributed by atoms with Gasteiger partial charge in [-0.2, -0.15) is 5.26 Å². The van der Waals surface area contributed by atoms with Crippen molar-refractivity contribution < 1.29 is 9.13 Å². The zero-order valence-corrected chi connectivity index (χ0v) is 8.53. The van der Waals surface area contributed by atoms with Gasteiger partial charge < -0.3 is 4.74 Å². The summed E-state index contributed by atoms with van der Waals surface area (Å²) in [6, 6.07) is 8.70. The molecule has 0 radical (unpaired) electrons. The van der Waals surface area contributed by atoms with Gasteiger partial charge in [0.15, 0.2) is 0 Å². The van der Waals surface area contributed by atoms with Gasteiger partial charge >= 0.3 is 0 Å². The minimum atomic E-state index is -0.318. The topological polar surface area (TPSA) is 33.0 Å². The van der Waals surface area contributed by atoms with Crippen LogP contribution in [0.4, 0.5) is 4.39 Å². The molecule has 0 heterocycles. The van der Waals surface area contributed by atoms with Gasteiger partial charge in [0.05, 0.1) is 18.2 Å². The van der Waals surface area contributed by atoms with Crippen molar-refractivity contribution in [1.82, 2.24) is 0 Å². The van der Waals surface area contributed by atoms with Crippen molar-refractivity contribution in [3.8, 4) is 6.07 Å². The van der Waals surface area contributed by atoms with Gasteiger partial charge in [0, 0.05) is 6.61 Å². The van der Waals surface area contributed by atoms with E-state index in [4.69, 9.17) is 10.00 Å². The second kappa shape index (κ2) is 5.94. The lowest BCUT2D eigenvalue weighted by molar-refractivity contribution is 0.157. The number of rotatable bonds is 4. The van der Waals surface area contributed by atoms with E-state index in [1.54, 1.807) is 24.3 Å². The molecule has 0 saturated carbocycles. The van der Waals surface area contributed by atoms with Gasteiger partial charge in [0.1, 0.15) is 5.83 Å². The summed E-state index contributed by atoms with van der Waals surface area (Å²) >= 11 is 0. The average Bonchev–Trinajstić information content (AvgIpc) is 2.27. The molecule has 0 atom stereocenters. The molecule has 0 unspecified atom stereocenters. The van der Waals surface area contributed by atoms with Crippen molar-refractivity contribution in [3.63, 3.8) is 0 Å². The first kappa shape index (κ1) is 11.4. The van der Waals surface area contributed by atoms with Crippen LogP contribution >= 0.6 is 0 Å². The maximum atomic E-state index is 13.1. The predicted octanol–water partition coefficient (Wildman–Crippen LogP) is 2.91. The average molecular weight is 205 g/mol. The fourth-order valence-electron chi connectivity index (χ4n) is 1.08. The highest BCUT2D eigenvalue weighted by Crippen LogP contribution is 2.09. The molecule has 0 saturated heterocycles. The summed E-state index contributed by atoms with van der Waals surface area (Å²) in [5, 5.41) is 8.57. The number of hydrogen-bond donors (Lipinski definition) is 0. The van der Waals surface area contributed by atoms with Crippen LogP contribution in [0.25, 0.3) is 6.08 Å². The van der Waals surface area contributed by atoms with Crippen LogP contribution in [-0.2, 0) is 4.74 Å². The molecule has 0 spiro atoms. The lowest BCUT2D eigenvalue weighted by Gasteiger charge is -1.98. The number of halogens is 1. The molecular weight excluding hydrogens is 193 g/mol. The Morgan fingerprint density at radius 1 is 1.47 bits per heavy atom. The number of hydrogen-bond acceptors (Lipinski definition) is 2. The lowest BCUT2D eigenvalue weighted by atomic mass is 10.1. The molecule has 0 aliphatic heterocycles. The molecule has 0 aliphatic carbocycles. The summed E-state index contributed by atoms with van der Waals surface area (Å²) in [7, 11) is 0. The maximum absolute atomic E-state index is 13.1. The number of benzene rings is 1. The molecule has 1 aromatic carbocycles. The van der Waals surface area contributed by atoms with E-state index in [2.05, 4.69) is 0 Å². The summed E-state index contributed by atoms with van der Waals surface area (Å²) < 4.78 is 18.0. The summed E-state index contributed by atoms with van der Waals surface area (Å²) in [6.45, 7) is 2.31. The van der Waals surface area contributed by atoms with Crippen molar-refractivity contribution in [2.45, 2.75) is 6.92 Å². The highest BCUT2D eigenvalue weighted by molar-refractivity contribution is 5.52.